The van der Waals surface area contributed by atoms with Gasteiger partial charge in [0, 0.05) is 37.4 Å². The zero-order valence-electron chi connectivity index (χ0n) is 21.4. The Labute approximate surface area is 216 Å². The van der Waals surface area contributed by atoms with Crippen LogP contribution >= 0.6 is 0 Å². The van der Waals surface area contributed by atoms with Gasteiger partial charge >= 0.3 is 6.09 Å². The molecular formula is C26H31N7O4. The van der Waals surface area contributed by atoms with Crippen LogP contribution in [-0.4, -0.2) is 63.1 Å². The van der Waals surface area contributed by atoms with E-state index in [9.17, 15) is 4.79 Å². The van der Waals surface area contributed by atoms with Crippen LogP contribution in [0.1, 0.15) is 39.2 Å². The van der Waals surface area contributed by atoms with Gasteiger partial charge in [-0.25, -0.2) is 9.78 Å². The number of anilines is 2. The van der Waals surface area contributed by atoms with Crippen LogP contribution in [0.25, 0.3) is 16.1 Å². The van der Waals surface area contributed by atoms with Crippen molar-refractivity contribution in [1.29, 1.82) is 0 Å². The normalized spacial score (nSPS) is 14.0. The Hall–Kier alpha value is -4.17. The van der Waals surface area contributed by atoms with Crippen LogP contribution in [0.15, 0.2) is 36.7 Å². The summed E-state index contributed by atoms with van der Waals surface area (Å²) in [5.74, 6) is 1.88. The molecule has 4 rings (SSSR count). The van der Waals surface area contributed by atoms with E-state index in [1.165, 1.54) is 12.4 Å². The molecule has 3 heterocycles. The zero-order valence-corrected chi connectivity index (χ0v) is 21.4. The van der Waals surface area contributed by atoms with Crippen molar-refractivity contribution in [2.45, 2.75) is 51.8 Å². The third kappa shape index (κ3) is 6.74. The second-order valence-electron chi connectivity index (χ2n) is 9.65. The summed E-state index contributed by atoms with van der Waals surface area (Å²) in [6, 6.07) is 7.71. The molecule has 0 radical (unpaired) electrons. The summed E-state index contributed by atoms with van der Waals surface area (Å²) in [4.78, 5) is 26.3. The van der Waals surface area contributed by atoms with Crippen molar-refractivity contribution in [2.24, 2.45) is 0 Å². The third-order valence-corrected chi connectivity index (χ3v) is 5.76. The first-order chi connectivity index (χ1) is 17.8. The molecule has 11 heteroatoms. The van der Waals surface area contributed by atoms with Crippen LogP contribution in [0, 0.1) is 6.57 Å². The molecule has 1 aromatic carbocycles. The Balaban J connectivity index is 1.52. The minimum atomic E-state index is -0.584. The molecule has 2 aromatic heterocycles. The molecule has 0 spiro atoms. The molecule has 1 aliphatic rings. The molecule has 0 aliphatic carbocycles. The Kier molecular flexibility index (Phi) is 7.89. The Morgan fingerprint density at radius 3 is 2.65 bits per heavy atom. The first-order valence-electron chi connectivity index (χ1n) is 12.0. The number of amides is 1. The summed E-state index contributed by atoms with van der Waals surface area (Å²) in [6.45, 7) is 14.2. The Morgan fingerprint density at radius 1 is 1.22 bits per heavy atom. The van der Waals surface area contributed by atoms with Crippen LogP contribution in [0.5, 0.6) is 5.75 Å². The number of hydrogen-bond acceptors (Lipinski definition) is 8. The number of hydrogen-bond donors (Lipinski definition) is 2. The number of aromatic amines is 1. The number of rotatable bonds is 7. The average molecular weight is 506 g/mol. The molecule has 0 atom stereocenters. The van der Waals surface area contributed by atoms with Gasteiger partial charge in [-0.1, -0.05) is 12.6 Å². The molecule has 1 amide bonds. The van der Waals surface area contributed by atoms with Crippen molar-refractivity contribution in [3.63, 3.8) is 0 Å². The van der Waals surface area contributed by atoms with E-state index in [1.807, 2.05) is 45.0 Å². The van der Waals surface area contributed by atoms with E-state index >= 15 is 0 Å². The van der Waals surface area contributed by atoms with Crippen LogP contribution in [0.2, 0.25) is 0 Å². The van der Waals surface area contributed by atoms with E-state index in [0.29, 0.717) is 37.1 Å². The van der Waals surface area contributed by atoms with Gasteiger partial charge in [-0.3, -0.25) is 5.10 Å². The molecule has 11 nitrogen and oxygen atoms in total. The van der Waals surface area contributed by atoms with Gasteiger partial charge in [-0.2, -0.15) is 5.10 Å². The lowest BCUT2D eigenvalue weighted by molar-refractivity contribution is -0.00810. The number of aromatic nitrogens is 4. The monoisotopic (exact) mass is 505 g/mol. The lowest BCUT2D eigenvalue weighted by Gasteiger charge is -2.35. The molecule has 1 saturated heterocycles. The molecule has 37 heavy (non-hydrogen) atoms. The lowest BCUT2D eigenvalue weighted by atomic mass is 10.0. The standard InChI is InChI=1S/C26H31N7O4/c1-26(2,3)37-25(34)33(18-8-10-36-11-9-18)16-17-6-7-19(21(12-17)35-5)20-13-22(32-31-20)30-24-15-28-23(27-4)14-29-24/h6-7,12-15,18H,8-11,16H2,1-3,5H3,(H2,29,30,31,32). The number of methoxy groups -OCH3 is 1. The van der Waals surface area contributed by atoms with Gasteiger partial charge in [0.15, 0.2) is 17.8 Å². The molecular weight excluding hydrogens is 474 g/mol. The highest BCUT2D eigenvalue weighted by molar-refractivity contribution is 5.72. The van der Waals surface area contributed by atoms with Crippen LogP contribution < -0.4 is 10.1 Å². The molecule has 0 bridgehead atoms. The Morgan fingerprint density at radius 2 is 2.00 bits per heavy atom. The average Bonchev–Trinajstić information content (AvgIpc) is 3.35. The maximum Gasteiger partial charge on any atom is 0.410 e. The highest BCUT2D eigenvalue weighted by Crippen LogP contribution is 2.32. The molecule has 2 N–H and O–H groups in total. The highest BCUT2D eigenvalue weighted by Gasteiger charge is 2.30. The topological polar surface area (TPSA) is 119 Å². The van der Waals surface area contributed by atoms with Crippen molar-refractivity contribution < 1.29 is 19.0 Å². The zero-order chi connectivity index (χ0) is 26.4. The summed E-state index contributed by atoms with van der Waals surface area (Å²) in [6.07, 6.45) is 4.07. The van der Waals surface area contributed by atoms with Crippen molar-refractivity contribution in [3.05, 3.63) is 53.6 Å². The van der Waals surface area contributed by atoms with Gasteiger partial charge in [-0.05, 0) is 51.3 Å². The molecule has 194 valence electrons. The maximum absolute atomic E-state index is 13.1. The number of carbonyl (C=O) groups excluding carboxylic acids is 1. The predicted octanol–water partition coefficient (Wildman–Crippen LogP) is 5.09. The first kappa shape index (κ1) is 25.9. The van der Waals surface area contributed by atoms with Gasteiger partial charge < -0.3 is 29.3 Å². The van der Waals surface area contributed by atoms with Gasteiger partial charge in [0.25, 0.3) is 5.82 Å². The third-order valence-electron chi connectivity index (χ3n) is 5.76. The van der Waals surface area contributed by atoms with Gasteiger partial charge in [-0.15, -0.1) is 4.98 Å². The van der Waals surface area contributed by atoms with Crippen LogP contribution in [0.4, 0.5) is 22.2 Å². The second-order valence-corrected chi connectivity index (χ2v) is 9.65. The number of carbonyl (C=O) groups is 1. The minimum absolute atomic E-state index is 0.0439. The number of nitrogens with zero attached hydrogens (tertiary/aromatic N) is 5. The van der Waals surface area contributed by atoms with E-state index in [0.717, 1.165) is 29.7 Å². The molecule has 1 aliphatic heterocycles. The number of benzene rings is 1. The van der Waals surface area contributed by atoms with E-state index < -0.39 is 5.60 Å². The van der Waals surface area contributed by atoms with E-state index in [1.54, 1.807) is 12.0 Å². The van der Waals surface area contributed by atoms with Gasteiger partial charge in [0.1, 0.15) is 11.4 Å². The smallest absolute Gasteiger partial charge is 0.410 e. The first-order valence-corrected chi connectivity index (χ1v) is 12.0. The van der Waals surface area contributed by atoms with Crippen LogP contribution in [0.3, 0.4) is 0 Å². The summed E-state index contributed by atoms with van der Waals surface area (Å²) in [5.41, 5.74) is 1.89. The van der Waals surface area contributed by atoms with Crippen molar-refractivity contribution in [1.82, 2.24) is 25.1 Å². The summed E-state index contributed by atoms with van der Waals surface area (Å²) < 4.78 is 16.9. The number of ether oxygens (including phenoxy) is 3. The van der Waals surface area contributed by atoms with E-state index in [4.69, 9.17) is 20.8 Å². The summed E-state index contributed by atoms with van der Waals surface area (Å²) in [7, 11) is 1.61. The predicted molar refractivity (Wildman–Crippen MR) is 138 cm³/mol. The largest absolute Gasteiger partial charge is 0.496 e. The molecule has 0 saturated carbocycles. The summed E-state index contributed by atoms with van der Waals surface area (Å²) in [5, 5.41) is 10.4. The molecule has 3 aromatic rings. The molecule has 1 fully saturated rings. The van der Waals surface area contributed by atoms with E-state index in [-0.39, 0.29) is 18.0 Å². The van der Waals surface area contributed by atoms with Crippen molar-refractivity contribution >= 4 is 23.5 Å². The fourth-order valence-corrected chi connectivity index (χ4v) is 4.01. The van der Waals surface area contributed by atoms with Gasteiger partial charge in [0.05, 0.1) is 19.0 Å². The van der Waals surface area contributed by atoms with Crippen LogP contribution in [-0.2, 0) is 16.0 Å². The fourth-order valence-electron chi connectivity index (χ4n) is 4.01. The maximum atomic E-state index is 13.1. The minimum Gasteiger partial charge on any atom is -0.496 e. The summed E-state index contributed by atoms with van der Waals surface area (Å²) >= 11 is 0. The van der Waals surface area contributed by atoms with E-state index in [2.05, 4.69) is 30.3 Å². The number of nitrogens with one attached hydrogen (secondary N) is 2. The van der Waals surface area contributed by atoms with Crippen molar-refractivity contribution in [3.8, 4) is 17.0 Å². The van der Waals surface area contributed by atoms with Crippen molar-refractivity contribution in [2.75, 3.05) is 25.6 Å². The second kappa shape index (κ2) is 11.3. The number of H-pyrrole nitrogens is 1. The molecule has 0 unspecified atom stereocenters. The lowest BCUT2D eigenvalue weighted by Crippen LogP contribution is -2.45. The SMILES string of the molecule is [C-]#[N+]c1cnc(Nc2cc(-c3ccc(CN(C(=O)OC(C)(C)C)C4CCOCC4)cc3OC)[nH]n2)cn1. The van der Waals surface area contributed by atoms with Gasteiger partial charge in [0.2, 0.25) is 0 Å². The fraction of sp³-hybridized carbons (Fsp3) is 0.423. The Bertz CT molecular complexity index is 1260. The highest BCUT2D eigenvalue weighted by atomic mass is 16.6. The quantitative estimate of drug-likeness (QED) is 0.427.